The summed E-state index contributed by atoms with van der Waals surface area (Å²) in [4.78, 5) is 37.1. The number of carbonyl (C=O) groups is 3. The summed E-state index contributed by atoms with van der Waals surface area (Å²) in [6.45, 7) is 5.03. The van der Waals surface area contributed by atoms with Gasteiger partial charge in [0.2, 0.25) is 0 Å². The van der Waals surface area contributed by atoms with Crippen molar-refractivity contribution in [2.24, 2.45) is 0 Å². The van der Waals surface area contributed by atoms with Crippen LogP contribution in [0.3, 0.4) is 0 Å². The Hall–Kier alpha value is -4.34. The molecule has 3 amide bonds. The number of anilines is 1. The SMILES string of the molecule is CC(C)(C)OC(=O)NNC(=O)c1cccc(NC(=O)c2ccccc2-c2ccc(C(F)(F)F)cc2)c1. The van der Waals surface area contributed by atoms with Gasteiger partial charge < -0.3 is 10.1 Å². The van der Waals surface area contributed by atoms with Gasteiger partial charge in [-0.05, 0) is 68.3 Å². The molecule has 3 rings (SSSR count). The Labute approximate surface area is 205 Å². The van der Waals surface area contributed by atoms with Crippen molar-refractivity contribution in [3.05, 3.63) is 89.5 Å². The highest BCUT2D eigenvalue weighted by molar-refractivity contribution is 6.09. The molecule has 0 fully saturated rings. The van der Waals surface area contributed by atoms with Crippen molar-refractivity contribution in [2.75, 3.05) is 5.32 Å². The maximum absolute atomic E-state index is 13.0. The average Bonchev–Trinajstić information content (AvgIpc) is 2.81. The second kappa shape index (κ2) is 10.5. The molecular formula is C26H24F3N3O4. The van der Waals surface area contributed by atoms with Gasteiger partial charge in [-0.1, -0.05) is 36.4 Å². The number of halogens is 3. The standard InChI is InChI=1S/C26H24F3N3O4/c1-25(2,3)36-24(35)32-31-22(33)17-7-6-8-19(15-17)30-23(34)21-10-5-4-9-20(21)16-11-13-18(14-12-16)26(27,28)29/h4-15H,1-3H3,(H,30,34)(H,31,33)(H,32,35). The number of rotatable bonds is 4. The first kappa shape index (κ1) is 26.3. The summed E-state index contributed by atoms with van der Waals surface area (Å²) in [5.41, 5.74) is 4.41. The van der Waals surface area contributed by atoms with Gasteiger partial charge in [-0.3, -0.25) is 15.0 Å². The third-order valence-electron chi connectivity index (χ3n) is 4.75. The van der Waals surface area contributed by atoms with Crippen molar-refractivity contribution in [1.82, 2.24) is 10.9 Å². The molecule has 0 aliphatic rings. The van der Waals surface area contributed by atoms with E-state index >= 15 is 0 Å². The van der Waals surface area contributed by atoms with Crippen LogP contribution in [0.4, 0.5) is 23.7 Å². The number of nitrogens with one attached hydrogen (secondary N) is 3. The number of amides is 3. The van der Waals surface area contributed by atoms with E-state index in [0.717, 1.165) is 12.1 Å². The van der Waals surface area contributed by atoms with Crippen molar-refractivity contribution in [3.63, 3.8) is 0 Å². The number of benzene rings is 3. The summed E-state index contributed by atoms with van der Waals surface area (Å²) in [6.07, 6.45) is -5.30. The van der Waals surface area contributed by atoms with E-state index in [2.05, 4.69) is 16.2 Å². The zero-order valence-electron chi connectivity index (χ0n) is 19.7. The first-order valence-corrected chi connectivity index (χ1v) is 10.8. The van der Waals surface area contributed by atoms with Crippen molar-refractivity contribution in [3.8, 4) is 11.1 Å². The zero-order valence-corrected chi connectivity index (χ0v) is 19.7. The molecule has 0 saturated carbocycles. The highest BCUT2D eigenvalue weighted by atomic mass is 19.4. The Balaban J connectivity index is 1.73. The van der Waals surface area contributed by atoms with Gasteiger partial charge in [-0.25, -0.2) is 10.2 Å². The van der Waals surface area contributed by atoms with Crippen LogP contribution in [-0.2, 0) is 10.9 Å². The molecule has 3 aromatic rings. The average molecular weight is 499 g/mol. The molecule has 0 bridgehead atoms. The maximum Gasteiger partial charge on any atom is 0.426 e. The lowest BCUT2D eigenvalue weighted by Crippen LogP contribution is -2.44. The summed E-state index contributed by atoms with van der Waals surface area (Å²) in [7, 11) is 0. The second-order valence-electron chi connectivity index (χ2n) is 8.74. The topological polar surface area (TPSA) is 96.5 Å². The summed E-state index contributed by atoms with van der Waals surface area (Å²) >= 11 is 0. The van der Waals surface area contributed by atoms with Crippen LogP contribution in [-0.4, -0.2) is 23.5 Å². The van der Waals surface area contributed by atoms with Gasteiger partial charge in [0, 0.05) is 16.8 Å². The smallest absolute Gasteiger partial charge is 0.426 e. The zero-order chi connectivity index (χ0) is 26.5. The minimum atomic E-state index is -4.46. The van der Waals surface area contributed by atoms with Gasteiger partial charge in [0.1, 0.15) is 5.60 Å². The third kappa shape index (κ3) is 7.08. The van der Waals surface area contributed by atoms with Crippen molar-refractivity contribution in [1.29, 1.82) is 0 Å². The van der Waals surface area contributed by atoms with Crippen LogP contribution >= 0.6 is 0 Å². The summed E-state index contributed by atoms with van der Waals surface area (Å²) in [5, 5.41) is 2.68. The molecule has 0 spiro atoms. The molecular weight excluding hydrogens is 475 g/mol. The summed E-state index contributed by atoms with van der Waals surface area (Å²) < 4.78 is 43.7. The van der Waals surface area contributed by atoms with E-state index in [1.54, 1.807) is 57.2 Å². The molecule has 36 heavy (non-hydrogen) atoms. The Bertz CT molecular complexity index is 1270. The monoisotopic (exact) mass is 499 g/mol. The van der Waals surface area contributed by atoms with Crippen LogP contribution in [0.15, 0.2) is 72.8 Å². The first-order valence-electron chi connectivity index (χ1n) is 10.8. The van der Waals surface area contributed by atoms with E-state index < -0.39 is 35.2 Å². The van der Waals surface area contributed by atoms with E-state index in [1.165, 1.54) is 24.3 Å². The van der Waals surface area contributed by atoms with Crippen LogP contribution in [0.25, 0.3) is 11.1 Å². The van der Waals surface area contributed by atoms with E-state index in [9.17, 15) is 27.6 Å². The van der Waals surface area contributed by atoms with E-state index in [4.69, 9.17) is 4.74 Å². The molecule has 188 valence electrons. The molecule has 0 atom stereocenters. The van der Waals surface area contributed by atoms with Gasteiger partial charge in [0.05, 0.1) is 5.56 Å². The minimum absolute atomic E-state index is 0.153. The predicted molar refractivity (Wildman–Crippen MR) is 128 cm³/mol. The van der Waals surface area contributed by atoms with Gasteiger partial charge in [-0.15, -0.1) is 0 Å². The Morgan fingerprint density at radius 2 is 1.44 bits per heavy atom. The molecule has 0 aromatic heterocycles. The van der Waals surface area contributed by atoms with Gasteiger partial charge >= 0.3 is 12.3 Å². The third-order valence-corrected chi connectivity index (χ3v) is 4.75. The molecule has 0 aliphatic carbocycles. The lowest BCUT2D eigenvalue weighted by Gasteiger charge is -2.19. The first-order chi connectivity index (χ1) is 16.8. The molecule has 10 heteroatoms. The Morgan fingerprint density at radius 3 is 2.08 bits per heavy atom. The van der Waals surface area contributed by atoms with Crippen LogP contribution in [0.1, 0.15) is 47.1 Å². The number of ether oxygens (including phenoxy) is 1. The Morgan fingerprint density at radius 1 is 0.778 bits per heavy atom. The van der Waals surface area contributed by atoms with Crippen molar-refractivity contribution < 1.29 is 32.3 Å². The van der Waals surface area contributed by atoms with E-state index in [1.807, 2.05) is 0 Å². The lowest BCUT2D eigenvalue weighted by atomic mass is 9.98. The molecule has 3 aromatic carbocycles. The number of carbonyl (C=O) groups excluding carboxylic acids is 3. The van der Waals surface area contributed by atoms with Gasteiger partial charge in [0.25, 0.3) is 11.8 Å². The molecule has 0 heterocycles. The fraction of sp³-hybridized carbons (Fsp3) is 0.192. The number of hydrogen-bond donors (Lipinski definition) is 3. The van der Waals surface area contributed by atoms with Crippen LogP contribution < -0.4 is 16.2 Å². The van der Waals surface area contributed by atoms with Crippen LogP contribution in [0.2, 0.25) is 0 Å². The Kier molecular flexibility index (Phi) is 7.67. The summed E-state index contributed by atoms with van der Waals surface area (Å²) in [5.74, 6) is -1.16. The molecule has 0 aliphatic heterocycles. The van der Waals surface area contributed by atoms with Crippen molar-refractivity contribution in [2.45, 2.75) is 32.5 Å². The number of hydrazine groups is 1. The highest BCUT2D eigenvalue weighted by Crippen LogP contribution is 2.32. The minimum Gasteiger partial charge on any atom is -0.443 e. The van der Waals surface area contributed by atoms with Gasteiger partial charge in [-0.2, -0.15) is 13.2 Å². The summed E-state index contributed by atoms with van der Waals surface area (Å²) in [6, 6.07) is 17.0. The molecule has 7 nitrogen and oxygen atoms in total. The fourth-order valence-corrected chi connectivity index (χ4v) is 3.19. The highest BCUT2D eigenvalue weighted by Gasteiger charge is 2.30. The fourth-order valence-electron chi connectivity index (χ4n) is 3.19. The lowest BCUT2D eigenvalue weighted by molar-refractivity contribution is -0.137. The second-order valence-corrected chi connectivity index (χ2v) is 8.74. The normalized spacial score (nSPS) is 11.4. The predicted octanol–water partition coefficient (Wildman–Crippen LogP) is 5.79. The molecule has 0 unspecified atom stereocenters. The van der Waals surface area contributed by atoms with E-state index in [-0.39, 0.29) is 11.1 Å². The van der Waals surface area contributed by atoms with Gasteiger partial charge in [0.15, 0.2) is 0 Å². The quantitative estimate of drug-likeness (QED) is 0.396. The largest absolute Gasteiger partial charge is 0.443 e. The molecule has 0 radical (unpaired) electrons. The van der Waals surface area contributed by atoms with E-state index in [0.29, 0.717) is 16.8 Å². The maximum atomic E-state index is 13.0. The number of alkyl halides is 3. The van der Waals surface area contributed by atoms with Crippen LogP contribution in [0.5, 0.6) is 0 Å². The molecule has 0 saturated heterocycles. The molecule has 3 N–H and O–H groups in total. The van der Waals surface area contributed by atoms with Crippen LogP contribution in [0, 0.1) is 0 Å². The van der Waals surface area contributed by atoms with Crippen molar-refractivity contribution >= 4 is 23.6 Å². The number of hydrogen-bond acceptors (Lipinski definition) is 4.